The molecular formula is C31H46N2O3S. The van der Waals surface area contributed by atoms with Gasteiger partial charge in [-0.3, -0.25) is 0 Å². The first-order chi connectivity index (χ1) is 17.7. The zero-order valence-electron chi connectivity index (χ0n) is 23.2. The maximum atomic E-state index is 13.5. The number of fused-ring (bicyclic) bond motifs is 5. The van der Waals surface area contributed by atoms with E-state index in [1.807, 2.05) is 0 Å². The fourth-order valence-corrected chi connectivity index (χ4v) is 11.0. The Balaban J connectivity index is 1.29. The van der Waals surface area contributed by atoms with Gasteiger partial charge in [-0.25, -0.2) is 8.42 Å². The standard InChI is InChI=1S/C31H46N2O3S/c1-5-36-20-23-9-11-26-24(17-23)10-12-28-27(26)15-16-31(3)29(13-14-30(28)31)21(2)33(4)37(34,35)25-8-6-7-22(18-25)19-32/h6-8,18,21,23-24,26-30H,5,9-17,20H2,1-4H3/t21-,23+,24-,26+,27?,28-,29?,30?,31-/m1/s1. The Hall–Kier alpha value is -1.42. The topological polar surface area (TPSA) is 70.4 Å². The van der Waals surface area contributed by atoms with Gasteiger partial charge in [0.1, 0.15) is 0 Å². The van der Waals surface area contributed by atoms with Gasteiger partial charge >= 0.3 is 0 Å². The van der Waals surface area contributed by atoms with E-state index >= 15 is 0 Å². The molecule has 9 atom stereocenters. The zero-order chi connectivity index (χ0) is 26.4. The fourth-order valence-electron chi connectivity index (χ4n) is 9.58. The van der Waals surface area contributed by atoms with Crippen LogP contribution in [0.15, 0.2) is 29.2 Å². The number of benzene rings is 1. The lowest BCUT2D eigenvalue weighted by atomic mass is 9.49. The summed E-state index contributed by atoms with van der Waals surface area (Å²) in [6.07, 6.45) is 11.7. The third-order valence-corrected chi connectivity index (χ3v) is 13.4. The third-order valence-electron chi connectivity index (χ3n) is 11.5. The van der Waals surface area contributed by atoms with Crippen molar-refractivity contribution in [3.8, 4) is 6.07 Å². The van der Waals surface area contributed by atoms with Crippen molar-refractivity contribution in [1.82, 2.24) is 4.31 Å². The van der Waals surface area contributed by atoms with E-state index in [1.165, 1.54) is 57.4 Å². The van der Waals surface area contributed by atoms with Crippen LogP contribution in [0.3, 0.4) is 0 Å². The lowest BCUT2D eigenvalue weighted by molar-refractivity contribution is -0.0774. The predicted molar refractivity (Wildman–Crippen MR) is 146 cm³/mol. The molecule has 1 aromatic rings. The minimum absolute atomic E-state index is 0.0624. The van der Waals surface area contributed by atoms with Crippen molar-refractivity contribution in [3.63, 3.8) is 0 Å². The SMILES string of the molecule is CCOC[C@H]1CC[C@@H]2C3CC[C@@]4(C)C(CCC4[C@@H](C)N(C)S(=O)(=O)c4cccc(C#N)c4)[C@@H]3CC[C@@H]2C1. The van der Waals surface area contributed by atoms with Crippen LogP contribution in [0.2, 0.25) is 0 Å². The van der Waals surface area contributed by atoms with Gasteiger partial charge in [-0.2, -0.15) is 9.57 Å². The molecule has 4 fully saturated rings. The summed E-state index contributed by atoms with van der Waals surface area (Å²) >= 11 is 0. The van der Waals surface area contributed by atoms with Gasteiger partial charge in [0.15, 0.2) is 0 Å². The van der Waals surface area contributed by atoms with Gasteiger partial charge in [-0.15, -0.1) is 0 Å². The molecule has 0 saturated heterocycles. The van der Waals surface area contributed by atoms with Crippen molar-refractivity contribution in [3.05, 3.63) is 29.8 Å². The number of hydrogen-bond donors (Lipinski definition) is 0. The quantitative estimate of drug-likeness (QED) is 0.407. The number of nitrogens with zero attached hydrogens (tertiary/aromatic N) is 2. The summed E-state index contributed by atoms with van der Waals surface area (Å²) in [4.78, 5) is 0.225. The van der Waals surface area contributed by atoms with Crippen molar-refractivity contribution >= 4 is 10.0 Å². The molecule has 0 aliphatic heterocycles. The highest BCUT2D eigenvalue weighted by molar-refractivity contribution is 7.89. The minimum atomic E-state index is -3.65. The number of rotatable bonds is 7. The summed E-state index contributed by atoms with van der Waals surface area (Å²) in [7, 11) is -1.91. The van der Waals surface area contributed by atoms with Gasteiger partial charge in [0.25, 0.3) is 0 Å². The Morgan fingerprint density at radius 3 is 2.65 bits per heavy atom. The first kappa shape index (κ1) is 27.2. The Bertz CT molecular complexity index is 1110. The molecule has 0 heterocycles. The number of ether oxygens (including phenoxy) is 1. The Kier molecular flexibility index (Phi) is 7.80. The maximum Gasteiger partial charge on any atom is 0.243 e. The normalized spacial score (nSPS) is 38.3. The number of nitriles is 1. The van der Waals surface area contributed by atoms with E-state index in [0.29, 0.717) is 11.5 Å². The smallest absolute Gasteiger partial charge is 0.243 e. The first-order valence-electron chi connectivity index (χ1n) is 14.8. The maximum absolute atomic E-state index is 13.5. The summed E-state index contributed by atoms with van der Waals surface area (Å²) in [6.45, 7) is 8.49. The largest absolute Gasteiger partial charge is 0.381 e. The van der Waals surface area contributed by atoms with Gasteiger partial charge in [0.2, 0.25) is 10.0 Å². The van der Waals surface area contributed by atoms with Gasteiger partial charge in [0, 0.05) is 26.3 Å². The first-order valence-corrected chi connectivity index (χ1v) is 16.2. The van der Waals surface area contributed by atoms with Crippen molar-refractivity contribution < 1.29 is 13.2 Å². The molecule has 0 aromatic heterocycles. The average molecular weight is 527 g/mol. The molecule has 204 valence electrons. The minimum Gasteiger partial charge on any atom is -0.381 e. The fraction of sp³-hybridized carbons (Fsp3) is 0.774. The van der Waals surface area contributed by atoms with E-state index < -0.39 is 10.0 Å². The highest BCUT2D eigenvalue weighted by atomic mass is 32.2. The Morgan fingerprint density at radius 2 is 1.89 bits per heavy atom. The molecule has 4 saturated carbocycles. The van der Waals surface area contributed by atoms with E-state index in [4.69, 9.17) is 4.74 Å². The molecular weight excluding hydrogens is 480 g/mol. The van der Waals surface area contributed by atoms with Crippen LogP contribution >= 0.6 is 0 Å². The molecule has 3 unspecified atom stereocenters. The molecule has 0 N–H and O–H groups in total. The molecule has 5 rings (SSSR count). The highest BCUT2D eigenvalue weighted by Gasteiger charge is 2.58. The zero-order valence-corrected chi connectivity index (χ0v) is 24.1. The molecule has 0 radical (unpaired) electrons. The third kappa shape index (κ3) is 4.79. The molecule has 0 bridgehead atoms. The summed E-state index contributed by atoms with van der Waals surface area (Å²) in [6, 6.07) is 8.45. The van der Waals surface area contributed by atoms with E-state index in [1.54, 1.807) is 29.6 Å². The second kappa shape index (κ2) is 10.6. The van der Waals surface area contributed by atoms with Crippen LogP contribution in [0.5, 0.6) is 0 Å². The van der Waals surface area contributed by atoms with Crippen LogP contribution < -0.4 is 0 Å². The highest BCUT2D eigenvalue weighted by Crippen LogP contribution is 2.65. The second-order valence-electron chi connectivity index (χ2n) is 12.9. The summed E-state index contributed by atoms with van der Waals surface area (Å²) < 4.78 is 34.5. The number of hydrogen-bond acceptors (Lipinski definition) is 4. The second-order valence-corrected chi connectivity index (χ2v) is 14.9. The lowest BCUT2D eigenvalue weighted by Gasteiger charge is -2.57. The van der Waals surface area contributed by atoms with E-state index in [2.05, 4.69) is 26.8 Å². The molecule has 0 spiro atoms. The van der Waals surface area contributed by atoms with Crippen LogP contribution in [0.25, 0.3) is 0 Å². The molecule has 4 aliphatic carbocycles. The van der Waals surface area contributed by atoms with Gasteiger partial charge in [-0.1, -0.05) is 13.0 Å². The van der Waals surface area contributed by atoms with Gasteiger partial charge in [-0.05, 0) is 137 Å². The Labute approximate surface area is 225 Å². The van der Waals surface area contributed by atoms with Crippen molar-refractivity contribution in [2.45, 2.75) is 89.5 Å². The van der Waals surface area contributed by atoms with E-state index in [0.717, 1.165) is 55.1 Å². The predicted octanol–water partition coefficient (Wildman–Crippen LogP) is 6.49. The monoisotopic (exact) mass is 526 g/mol. The van der Waals surface area contributed by atoms with Crippen LogP contribution in [-0.4, -0.2) is 39.0 Å². The van der Waals surface area contributed by atoms with Crippen LogP contribution in [-0.2, 0) is 14.8 Å². The van der Waals surface area contributed by atoms with Crippen LogP contribution in [0.4, 0.5) is 0 Å². The van der Waals surface area contributed by atoms with Crippen LogP contribution in [0, 0.1) is 58.2 Å². The van der Waals surface area contributed by atoms with Crippen LogP contribution in [0.1, 0.15) is 84.1 Å². The van der Waals surface area contributed by atoms with Gasteiger partial charge < -0.3 is 4.74 Å². The molecule has 5 nitrogen and oxygen atoms in total. The van der Waals surface area contributed by atoms with Crippen molar-refractivity contribution in [2.24, 2.45) is 46.8 Å². The summed E-state index contributed by atoms with van der Waals surface area (Å²) in [5.74, 6) is 5.32. The summed E-state index contributed by atoms with van der Waals surface area (Å²) in [5.41, 5.74) is 0.591. The Morgan fingerprint density at radius 1 is 1.11 bits per heavy atom. The van der Waals surface area contributed by atoms with Crippen molar-refractivity contribution in [2.75, 3.05) is 20.3 Å². The average Bonchev–Trinajstić information content (AvgIpc) is 3.27. The van der Waals surface area contributed by atoms with Crippen molar-refractivity contribution in [1.29, 1.82) is 5.26 Å². The molecule has 0 amide bonds. The molecule has 37 heavy (non-hydrogen) atoms. The van der Waals surface area contributed by atoms with Gasteiger partial charge in [0.05, 0.1) is 16.5 Å². The van der Waals surface area contributed by atoms with E-state index in [-0.39, 0.29) is 16.4 Å². The molecule has 1 aromatic carbocycles. The molecule has 4 aliphatic rings. The summed E-state index contributed by atoms with van der Waals surface area (Å²) in [5, 5.41) is 9.26. The van der Waals surface area contributed by atoms with E-state index in [9.17, 15) is 13.7 Å². The number of sulfonamides is 1. The lowest BCUT2D eigenvalue weighted by Crippen LogP contribution is -2.51. The molecule has 6 heteroatoms.